The Morgan fingerprint density at radius 3 is 3.00 bits per heavy atom. The van der Waals surface area contributed by atoms with Crippen LogP contribution in [0.4, 0.5) is 0 Å². The smallest absolute Gasteiger partial charge is 0.122 e. The number of hydrogen-bond acceptors (Lipinski definition) is 4. The van der Waals surface area contributed by atoms with Crippen LogP contribution in [0.3, 0.4) is 0 Å². The van der Waals surface area contributed by atoms with Crippen LogP contribution >= 0.6 is 23.7 Å². The Balaban J connectivity index is 0.00000168. The molecule has 4 aliphatic rings. The number of rotatable bonds is 2. The van der Waals surface area contributed by atoms with Crippen molar-refractivity contribution in [3.8, 4) is 22.9 Å². The lowest BCUT2D eigenvalue weighted by molar-refractivity contribution is 0.212. The second kappa shape index (κ2) is 6.92. The monoisotopic (exact) mass is 382 g/mol. The summed E-state index contributed by atoms with van der Waals surface area (Å²) < 4.78 is 5.96. The average Bonchev–Trinajstić information content (AvgIpc) is 3.26. The van der Waals surface area contributed by atoms with Gasteiger partial charge in [0.15, 0.2) is 0 Å². The molecule has 26 heavy (non-hydrogen) atoms. The molecule has 3 nitrogen and oxygen atoms in total. The van der Waals surface area contributed by atoms with Gasteiger partial charge in [0.05, 0.1) is 18.2 Å². The standard InChI is InChI=1S/C21H18N2OS.ClH/c22-8-14-1-4-21-19(7-14)20-11-23(10-17(20)12-24-21)9-15-2-3-16-13-25-6-5-18(15)16;/h1-7,13,17,20H,9-12H2;1H. The summed E-state index contributed by atoms with van der Waals surface area (Å²) in [5, 5.41) is 13.6. The van der Waals surface area contributed by atoms with Crippen LogP contribution in [-0.4, -0.2) is 24.6 Å². The number of nitriles is 1. The molecule has 2 unspecified atom stereocenters. The van der Waals surface area contributed by atoms with Crippen LogP contribution in [0.5, 0.6) is 5.75 Å². The third kappa shape index (κ3) is 2.87. The predicted molar refractivity (Wildman–Crippen MR) is 106 cm³/mol. The minimum absolute atomic E-state index is 0. The van der Waals surface area contributed by atoms with Crippen LogP contribution in [0.2, 0.25) is 0 Å². The molecule has 0 amide bonds. The fourth-order valence-electron chi connectivity index (χ4n) is 4.31. The van der Waals surface area contributed by atoms with Crippen LogP contribution in [0.15, 0.2) is 47.2 Å². The highest BCUT2D eigenvalue weighted by molar-refractivity contribution is 7.07. The first kappa shape index (κ1) is 17.4. The summed E-state index contributed by atoms with van der Waals surface area (Å²) in [6.07, 6.45) is 0. The van der Waals surface area contributed by atoms with Crippen molar-refractivity contribution in [2.45, 2.75) is 12.5 Å². The molecule has 2 atom stereocenters. The predicted octanol–water partition coefficient (Wildman–Crippen LogP) is 4.75. The third-order valence-corrected chi connectivity index (χ3v) is 6.21. The first-order chi connectivity index (χ1) is 12.3. The number of nitrogens with zero attached hydrogens (tertiary/aromatic N) is 2. The highest BCUT2D eigenvalue weighted by atomic mass is 35.5. The molecule has 3 heterocycles. The van der Waals surface area contributed by atoms with Gasteiger partial charge in [0, 0.05) is 37.0 Å². The van der Waals surface area contributed by atoms with Crippen molar-refractivity contribution in [3.05, 3.63) is 63.8 Å². The average molecular weight is 383 g/mol. The van der Waals surface area contributed by atoms with E-state index in [1.165, 1.54) is 22.3 Å². The van der Waals surface area contributed by atoms with Gasteiger partial charge in [0.25, 0.3) is 0 Å². The van der Waals surface area contributed by atoms with E-state index in [0.717, 1.165) is 37.6 Å². The molecule has 0 aromatic heterocycles. The first-order valence-electron chi connectivity index (χ1n) is 8.65. The summed E-state index contributed by atoms with van der Waals surface area (Å²) in [5.74, 6) is 1.95. The van der Waals surface area contributed by atoms with Gasteiger partial charge in [-0.2, -0.15) is 16.6 Å². The van der Waals surface area contributed by atoms with Gasteiger partial charge in [-0.15, -0.1) is 12.4 Å². The number of hydrogen-bond donors (Lipinski definition) is 0. The molecule has 0 bridgehead atoms. The minimum atomic E-state index is 0. The van der Waals surface area contributed by atoms with E-state index in [1.807, 2.05) is 18.2 Å². The quantitative estimate of drug-likeness (QED) is 0.641. The van der Waals surface area contributed by atoms with Crippen LogP contribution < -0.4 is 4.74 Å². The molecule has 0 N–H and O–H groups in total. The van der Waals surface area contributed by atoms with Crippen molar-refractivity contribution >= 4 is 23.7 Å². The van der Waals surface area contributed by atoms with Gasteiger partial charge in [-0.05, 0) is 51.7 Å². The lowest BCUT2D eigenvalue weighted by Gasteiger charge is -2.27. The van der Waals surface area contributed by atoms with Gasteiger partial charge in [-0.1, -0.05) is 12.1 Å². The molecule has 0 saturated carbocycles. The summed E-state index contributed by atoms with van der Waals surface area (Å²) in [5.41, 5.74) is 6.06. The Morgan fingerprint density at radius 1 is 1.19 bits per heavy atom. The van der Waals surface area contributed by atoms with E-state index >= 15 is 0 Å². The fourth-order valence-corrected chi connectivity index (χ4v) is 4.95. The molecule has 1 aromatic rings. The minimum Gasteiger partial charge on any atom is -0.493 e. The van der Waals surface area contributed by atoms with Crippen molar-refractivity contribution in [2.75, 3.05) is 19.7 Å². The van der Waals surface area contributed by atoms with E-state index in [9.17, 15) is 5.26 Å². The summed E-state index contributed by atoms with van der Waals surface area (Å²) in [4.78, 5) is 2.54. The van der Waals surface area contributed by atoms with E-state index in [1.54, 1.807) is 11.3 Å². The van der Waals surface area contributed by atoms with E-state index in [0.29, 0.717) is 11.8 Å². The van der Waals surface area contributed by atoms with E-state index in [4.69, 9.17) is 4.74 Å². The van der Waals surface area contributed by atoms with Crippen LogP contribution in [0, 0.1) is 17.2 Å². The number of halogens is 1. The Morgan fingerprint density at radius 2 is 2.12 bits per heavy atom. The maximum atomic E-state index is 9.20. The Labute approximate surface area is 163 Å². The topological polar surface area (TPSA) is 36.3 Å². The zero-order valence-corrected chi connectivity index (χ0v) is 15.9. The number of fused-ring (bicyclic) bond motifs is 4. The van der Waals surface area contributed by atoms with E-state index in [2.05, 4.69) is 39.9 Å². The summed E-state index contributed by atoms with van der Waals surface area (Å²) in [7, 11) is 0. The molecule has 5 rings (SSSR count). The van der Waals surface area contributed by atoms with Crippen molar-refractivity contribution in [1.29, 1.82) is 5.26 Å². The van der Waals surface area contributed by atoms with Crippen LogP contribution in [-0.2, 0) is 6.54 Å². The number of ether oxygens (including phenoxy) is 1. The molecule has 1 saturated heterocycles. The van der Waals surface area contributed by atoms with Crippen LogP contribution in [0.25, 0.3) is 11.1 Å². The summed E-state index contributed by atoms with van der Waals surface area (Å²) >= 11 is 1.74. The maximum absolute atomic E-state index is 9.20. The molecular formula is C21H19ClN2OS. The highest BCUT2D eigenvalue weighted by Gasteiger charge is 2.39. The van der Waals surface area contributed by atoms with Crippen molar-refractivity contribution < 1.29 is 4.74 Å². The van der Waals surface area contributed by atoms with E-state index in [-0.39, 0.29) is 12.4 Å². The van der Waals surface area contributed by atoms with Gasteiger partial charge >= 0.3 is 0 Å². The maximum Gasteiger partial charge on any atom is 0.122 e. The van der Waals surface area contributed by atoms with Crippen molar-refractivity contribution in [2.24, 2.45) is 5.92 Å². The van der Waals surface area contributed by atoms with Gasteiger partial charge in [-0.25, -0.2) is 0 Å². The van der Waals surface area contributed by atoms with Crippen molar-refractivity contribution in [1.82, 2.24) is 4.90 Å². The fraction of sp³-hybridized carbons (Fsp3) is 0.286. The Hall–Kier alpha value is -2.06. The number of likely N-dealkylation sites (tertiary alicyclic amines) is 1. The van der Waals surface area contributed by atoms with Gasteiger partial charge in [0.1, 0.15) is 5.75 Å². The van der Waals surface area contributed by atoms with Crippen LogP contribution in [0.1, 0.15) is 22.6 Å². The largest absolute Gasteiger partial charge is 0.493 e. The molecule has 1 fully saturated rings. The van der Waals surface area contributed by atoms with Crippen molar-refractivity contribution in [3.63, 3.8) is 0 Å². The Kier molecular flexibility index (Phi) is 4.62. The molecule has 3 aliphatic heterocycles. The molecule has 0 spiro atoms. The molecule has 1 aromatic carbocycles. The van der Waals surface area contributed by atoms with E-state index < -0.39 is 0 Å². The third-order valence-electron chi connectivity index (χ3n) is 5.53. The highest BCUT2D eigenvalue weighted by Crippen LogP contribution is 2.42. The SMILES string of the molecule is Cl.N#Cc1ccc2c(c1)C1CN(Cc3ccc4csccc3-4)CC1CO2. The summed E-state index contributed by atoms with van der Waals surface area (Å²) in [6.45, 7) is 3.86. The first-order valence-corrected chi connectivity index (χ1v) is 9.59. The molecule has 5 heteroatoms. The molecule has 0 radical (unpaired) electrons. The lowest BCUT2D eigenvalue weighted by Crippen LogP contribution is -2.25. The van der Waals surface area contributed by atoms with Gasteiger partial charge < -0.3 is 4.74 Å². The second-order valence-electron chi connectivity index (χ2n) is 7.02. The molecule has 1 aliphatic carbocycles. The normalized spacial score (nSPS) is 21.3. The van der Waals surface area contributed by atoms with Gasteiger partial charge in [-0.3, -0.25) is 4.90 Å². The zero-order valence-electron chi connectivity index (χ0n) is 14.2. The molecule has 132 valence electrons. The Bertz CT molecular complexity index is 947. The summed E-state index contributed by atoms with van der Waals surface area (Å²) in [6, 6.07) is 14.8. The molecular weight excluding hydrogens is 364 g/mol. The number of benzene rings is 1. The van der Waals surface area contributed by atoms with Gasteiger partial charge in [0.2, 0.25) is 0 Å². The second-order valence-corrected chi connectivity index (χ2v) is 7.80. The lowest BCUT2D eigenvalue weighted by atomic mass is 9.86. The zero-order chi connectivity index (χ0) is 16.8.